The average Bonchev–Trinajstić information content (AvgIpc) is 3.14. The van der Waals surface area contributed by atoms with Crippen molar-refractivity contribution in [1.29, 1.82) is 0 Å². The topological polar surface area (TPSA) is 85.6 Å². The van der Waals surface area contributed by atoms with Crippen LogP contribution in [-0.4, -0.2) is 31.1 Å². The number of amides is 1. The first-order valence-corrected chi connectivity index (χ1v) is 8.64. The van der Waals surface area contributed by atoms with Crippen molar-refractivity contribution in [2.75, 3.05) is 0 Å². The fraction of sp³-hybridized carbons (Fsp3) is 0.312. The van der Waals surface area contributed by atoms with E-state index in [1.165, 1.54) is 11.3 Å². The van der Waals surface area contributed by atoms with Gasteiger partial charge in [-0.1, -0.05) is 46.9 Å². The molecule has 7 nitrogen and oxygen atoms in total. The number of benzene rings is 1. The normalized spacial score (nSPS) is 15.2. The van der Waals surface area contributed by atoms with Gasteiger partial charge < -0.3 is 5.32 Å². The average molecular weight is 340 g/mol. The summed E-state index contributed by atoms with van der Waals surface area (Å²) >= 11 is 1.47. The Morgan fingerprint density at radius 2 is 2.04 bits per heavy atom. The van der Waals surface area contributed by atoms with Gasteiger partial charge in [-0.15, -0.1) is 15.3 Å². The SMILES string of the molecule is CC(NC(=O)c1cn(C2CC2)nn1)c1nnc(-c2ccccc2)s1. The Hall–Kier alpha value is -2.61. The van der Waals surface area contributed by atoms with Gasteiger partial charge in [-0.05, 0) is 19.8 Å². The van der Waals surface area contributed by atoms with Gasteiger partial charge in [0.15, 0.2) is 5.69 Å². The Kier molecular flexibility index (Phi) is 3.81. The molecule has 2 heterocycles. The molecule has 4 rings (SSSR count). The van der Waals surface area contributed by atoms with Crippen LogP contribution in [0.2, 0.25) is 0 Å². The van der Waals surface area contributed by atoms with E-state index in [2.05, 4.69) is 25.8 Å². The van der Waals surface area contributed by atoms with Crippen molar-refractivity contribution in [3.05, 3.63) is 47.2 Å². The zero-order chi connectivity index (χ0) is 16.5. The molecule has 0 spiro atoms. The van der Waals surface area contributed by atoms with Gasteiger partial charge in [-0.25, -0.2) is 4.68 Å². The molecular formula is C16H16N6OS. The maximum Gasteiger partial charge on any atom is 0.274 e. The van der Waals surface area contributed by atoms with Gasteiger partial charge in [-0.3, -0.25) is 4.79 Å². The minimum absolute atomic E-state index is 0.237. The summed E-state index contributed by atoms with van der Waals surface area (Å²) in [6.07, 6.45) is 3.91. The van der Waals surface area contributed by atoms with Crippen molar-refractivity contribution in [2.45, 2.75) is 31.8 Å². The van der Waals surface area contributed by atoms with E-state index in [0.717, 1.165) is 28.4 Å². The molecular weight excluding hydrogens is 324 g/mol. The molecule has 0 saturated heterocycles. The highest BCUT2D eigenvalue weighted by atomic mass is 32.1. The number of hydrogen-bond donors (Lipinski definition) is 1. The van der Waals surface area contributed by atoms with Crippen LogP contribution < -0.4 is 5.32 Å². The van der Waals surface area contributed by atoms with Gasteiger partial charge >= 0.3 is 0 Å². The Labute approximate surface area is 142 Å². The molecule has 1 aliphatic rings. The monoisotopic (exact) mass is 340 g/mol. The summed E-state index contributed by atoms with van der Waals surface area (Å²) in [5.41, 5.74) is 1.36. The first-order valence-electron chi connectivity index (χ1n) is 7.82. The molecule has 1 saturated carbocycles. The first-order chi connectivity index (χ1) is 11.7. The van der Waals surface area contributed by atoms with E-state index in [1.807, 2.05) is 37.3 Å². The van der Waals surface area contributed by atoms with Crippen molar-refractivity contribution >= 4 is 17.2 Å². The minimum atomic E-state index is -0.245. The van der Waals surface area contributed by atoms with Crippen LogP contribution in [0.4, 0.5) is 0 Å². The lowest BCUT2D eigenvalue weighted by Gasteiger charge is -2.08. The molecule has 1 N–H and O–H groups in total. The zero-order valence-corrected chi connectivity index (χ0v) is 13.9. The van der Waals surface area contributed by atoms with Crippen LogP contribution in [0.3, 0.4) is 0 Å². The lowest BCUT2D eigenvalue weighted by Crippen LogP contribution is -2.26. The van der Waals surface area contributed by atoms with Crippen LogP contribution in [-0.2, 0) is 0 Å². The third-order valence-corrected chi connectivity index (χ3v) is 5.00. The molecule has 0 aliphatic heterocycles. The minimum Gasteiger partial charge on any atom is -0.342 e. The Morgan fingerprint density at radius 1 is 1.25 bits per heavy atom. The van der Waals surface area contributed by atoms with Crippen LogP contribution >= 0.6 is 11.3 Å². The Balaban J connectivity index is 1.44. The molecule has 0 bridgehead atoms. The van der Waals surface area contributed by atoms with Gasteiger partial charge in [0.1, 0.15) is 10.0 Å². The van der Waals surface area contributed by atoms with E-state index in [0.29, 0.717) is 11.7 Å². The van der Waals surface area contributed by atoms with E-state index in [4.69, 9.17) is 0 Å². The Bertz CT molecular complexity index is 854. The Morgan fingerprint density at radius 3 is 2.79 bits per heavy atom. The predicted octanol–water partition coefficient (Wildman–Crippen LogP) is 2.62. The highest BCUT2D eigenvalue weighted by molar-refractivity contribution is 7.14. The summed E-state index contributed by atoms with van der Waals surface area (Å²) in [7, 11) is 0. The molecule has 1 atom stereocenters. The zero-order valence-electron chi connectivity index (χ0n) is 13.1. The summed E-state index contributed by atoms with van der Waals surface area (Å²) in [6.45, 7) is 1.89. The number of hydrogen-bond acceptors (Lipinski definition) is 6. The number of nitrogens with one attached hydrogen (secondary N) is 1. The fourth-order valence-corrected chi connectivity index (χ4v) is 3.19. The van der Waals surface area contributed by atoms with Crippen LogP contribution in [0.25, 0.3) is 10.6 Å². The summed E-state index contributed by atoms with van der Waals surface area (Å²) in [5, 5.41) is 20.9. The van der Waals surface area contributed by atoms with Gasteiger partial charge in [0.05, 0.1) is 18.3 Å². The van der Waals surface area contributed by atoms with E-state index in [9.17, 15) is 4.79 Å². The third-order valence-electron chi connectivity index (χ3n) is 3.84. The molecule has 1 aromatic carbocycles. The highest BCUT2D eigenvalue weighted by Crippen LogP contribution is 2.33. The quantitative estimate of drug-likeness (QED) is 0.771. The molecule has 1 aliphatic carbocycles. The second-order valence-electron chi connectivity index (χ2n) is 5.82. The fourth-order valence-electron chi connectivity index (χ4n) is 2.34. The van der Waals surface area contributed by atoms with Crippen LogP contribution in [0.1, 0.15) is 47.3 Å². The standard InChI is InChI=1S/C16H16N6OS/c1-10(15-19-20-16(24-15)11-5-3-2-4-6-11)17-14(23)13-9-22(21-18-13)12-7-8-12/h2-6,9-10,12H,7-8H2,1H3,(H,17,23). The molecule has 2 aromatic heterocycles. The predicted molar refractivity (Wildman–Crippen MR) is 89.5 cm³/mol. The summed E-state index contributed by atoms with van der Waals surface area (Å²) in [4.78, 5) is 12.3. The lowest BCUT2D eigenvalue weighted by molar-refractivity contribution is 0.0934. The molecule has 3 aromatic rings. The second kappa shape index (κ2) is 6.12. The number of carbonyl (C=O) groups excluding carboxylic acids is 1. The maximum atomic E-state index is 12.3. The maximum absolute atomic E-state index is 12.3. The van der Waals surface area contributed by atoms with Crippen molar-refractivity contribution in [2.24, 2.45) is 0 Å². The van der Waals surface area contributed by atoms with Crippen LogP contribution in [0.15, 0.2) is 36.5 Å². The van der Waals surface area contributed by atoms with E-state index >= 15 is 0 Å². The molecule has 1 amide bonds. The highest BCUT2D eigenvalue weighted by Gasteiger charge is 2.26. The molecule has 1 unspecified atom stereocenters. The van der Waals surface area contributed by atoms with Crippen molar-refractivity contribution in [3.8, 4) is 10.6 Å². The van der Waals surface area contributed by atoms with E-state index < -0.39 is 0 Å². The van der Waals surface area contributed by atoms with Crippen LogP contribution in [0, 0.1) is 0 Å². The molecule has 0 radical (unpaired) electrons. The van der Waals surface area contributed by atoms with Gasteiger partial charge in [0.2, 0.25) is 0 Å². The largest absolute Gasteiger partial charge is 0.342 e. The van der Waals surface area contributed by atoms with Gasteiger partial charge in [-0.2, -0.15) is 0 Å². The molecule has 1 fully saturated rings. The van der Waals surface area contributed by atoms with Crippen molar-refractivity contribution in [3.63, 3.8) is 0 Å². The van der Waals surface area contributed by atoms with Crippen LogP contribution in [0.5, 0.6) is 0 Å². The lowest BCUT2D eigenvalue weighted by atomic mass is 10.2. The molecule has 122 valence electrons. The van der Waals surface area contributed by atoms with E-state index in [-0.39, 0.29) is 11.9 Å². The molecule has 8 heteroatoms. The summed E-state index contributed by atoms with van der Waals surface area (Å²) < 4.78 is 1.76. The number of rotatable bonds is 5. The van der Waals surface area contributed by atoms with E-state index in [1.54, 1.807) is 10.9 Å². The van der Waals surface area contributed by atoms with Crippen molar-refractivity contribution < 1.29 is 4.79 Å². The summed E-state index contributed by atoms with van der Waals surface area (Å²) in [6, 6.07) is 10.0. The first kappa shape index (κ1) is 14.9. The number of nitrogens with zero attached hydrogens (tertiary/aromatic N) is 5. The number of carbonyl (C=O) groups is 1. The smallest absolute Gasteiger partial charge is 0.274 e. The van der Waals surface area contributed by atoms with Gasteiger partial charge in [0, 0.05) is 5.56 Å². The second-order valence-corrected chi connectivity index (χ2v) is 6.83. The molecule has 24 heavy (non-hydrogen) atoms. The summed E-state index contributed by atoms with van der Waals surface area (Å²) in [5.74, 6) is -0.245. The van der Waals surface area contributed by atoms with Gasteiger partial charge in [0.25, 0.3) is 5.91 Å². The number of aromatic nitrogens is 5. The van der Waals surface area contributed by atoms with Crippen molar-refractivity contribution in [1.82, 2.24) is 30.5 Å². The third kappa shape index (κ3) is 3.05.